The van der Waals surface area contributed by atoms with Crippen LogP contribution in [0.15, 0.2) is 39.2 Å². The first kappa shape index (κ1) is 25.2. The van der Waals surface area contributed by atoms with E-state index in [1.807, 2.05) is 0 Å². The van der Waals surface area contributed by atoms with Crippen molar-refractivity contribution in [3.8, 4) is 0 Å². The SMILES string of the molecule is NC(=O)Nc1ccc(NC(=O)N2C[C@H]3CC(Sc4nnc(N)s4)=C(C(=O)O)N4C(=O)[C@@H]2[C@@H]34)cc1.[H-].[Na+]. The minimum atomic E-state index is -1.21. The van der Waals surface area contributed by atoms with Crippen molar-refractivity contribution in [3.05, 3.63) is 34.9 Å². The van der Waals surface area contributed by atoms with Crippen molar-refractivity contribution in [2.45, 2.75) is 22.8 Å². The van der Waals surface area contributed by atoms with Gasteiger partial charge >= 0.3 is 47.6 Å². The molecular weight excluding hydrogens is 507 g/mol. The number of aliphatic carboxylic acids is 1. The minimum Gasteiger partial charge on any atom is -1.00 e. The van der Waals surface area contributed by atoms with E-state index in [1.54, 1.807) is 24.3 Å². The molecule has 2 saturated heterocycles. The number of nitrogen functional groups attached to an aromatic ring is 1. The first-order valence-electron chi connectivity index (χ1n) is 10.0. The van der Waals surface area contributed by atoms with Crippen LogP contribution >= 0.6 is 23.1 Å². The Bertz CT molecular complexity index is 1260. The van der Waals surface area contributed by atoms with Crippen LogP contribution in [0.4, 0.5) is 26.1 Å². The van der Waals surface area contributed by atoms with Crippen LogP contribution in [0, 0.1) is 5.92 Å². The summed E-state index contributed by atoms with van der Waals surface area (Å²) in [6.45, 7) is 0.292. The predicted octanol–water partition coefficient (Wildman–Crippen LogP) is -1.74. The van der Waals surface area contributed by atoms with Gasteiger partial charge in [0.15, 0.2) is 4.34 Å². The number of hydrogen-bond donors (Lipinski definition) is 5. The molecule has 0 bridgehead atoms. The molecule has 5 rings (SSSR count). The molecule has 0 spiro atoms. The van der Waals surface area contributed by atoms with Crippen molar-refractivity contribution in [1.82, 2.24) is 20.0 Å². The van der Waals surface area contributed by atoms with Gasteiger partial charge in [0, 0.05) is 28.7 Å². The van der Waals surface area contributed by atoms with Gasteiger partial charge in [-0.15, -0.1) is 10.2 Å². The Hall–Kier alpha value is -2.85. The van der Waals surface area contributed by atoms with E-state index in [-0.39, 0.29) is 47.7 Å². The van der Waals surface area contributed by atoms with E-state index in [2.05, 4.69) is 20.8 Å². The number of urea groups is 2. The Morgan fingerprint density at radius 3 is 2.40 bits per heavy atom. The summed E-state index contributed by atoms with van der Waals surface area (Å²) >= 11 is 2.26. The first-order valence-corrected chi connectivity index (χ1v) is 11.7. The molecule has 2 aromatic rings. The van der Waals surface area contributed by atoms with Gasteiger partial charge in [-0.25, -0.2) is 14.4 Å². The van der Waals surface area contributed by atoms with Crippen molar-refractivity contribution in [2.24, 2.45) is 11.7 Å². The van der Waals surface area contributed by atoms with E-state index in [4.69, 9.17) is 11.5 Å². The number of carbonyl (C=O) groups is 4. The number of benzene rings is 1. The van der Waals surface area contributed by atoms with Crippen molar-refractivity contribution >= 4 is 63.5 Å². The van der Waals surface area contributed by atoms with Crippen LogP contribution in [0.5, 0.6) is 0 Å². The third-order valence-electron chi connectivity index (χ3n) is 5.81. The number of β-lactam (4-membered cyclic amide) rings is 1. The molecule has 2 fully saturated rings. The Labute approximate surface area is 230 Å². The van der Waals surface area contributed by atoms with Gasteiger partial charge in [0.1, 0.15) is 11.7 Å². The summed E-state index contributed by atoms with van der Waals surface area (Å²) in [5.74, 6) is -1.76. The molecule has 13 nitrogen and oxygen atoms in total. The summed E-state index contributed by atoms with van der Waals surface area (Å²) in [7, 11) is 0. The number of nitrogens with one attached hydrogen (secondary N) is 2. The molecular formula is C19H19N8NaO5S2. The Balaban J connectivity index is 0.00000180. The molecule has 178 valence electrons. The molecule has 16 heteroatoms. The molecule has 35 heavy (non-hydrogen) atoms. The number of rotatable bonds is 5. The van der Waals surface area contributed by atoms with Gasteiger partial charge in [0.25, 0.3) is 5.91 Å². The monoisotopic (exact) mass is 526 g/mol. The summed E-state index contributed by atoms with van der Waals surface area (Å²) in [6, 6.07) is 4.05. The van der Waals surface area contributed by atoms with Crippen LogP contribution in [0.3, 0.4) is 0 Å². The second-order valence-electron chi connectivity index (χ2n) is 7.84. The first-order chi connectivity index (χ1) is 16.2. The number of nitrogens with zero attached hydrogens (tertiary/aromatic N) is 4. The molecule has 0 radical (unpaired) electrons. The summed E-state index contributed by atoms with van der Waals surface area (Å²) in [4.78, 5) is 52.1. The van der Waals surface area contributed by atoms with Gasteiger partial charge < -0.3 is 33.5 Å². The Morgan fingerprint density at radius 1 is 1.17 bits per heavy atom. The number of nitrogens with two attached hydrogens (primary N) is 2. The number of carboxylic acids is 1. The van der Waals surface area contributed by atoms with E-state index < -0.39 is 36.0 Å². The summed E-state index contributed by atoms with van der Waals surface area (Å²) in [6.07, 6.45) is 0.383. The summed E-state index contributed by atoms with van der Waals surface area (Å²) in [5, 5.41) is 22.9. The third-order valence-corrected chi connectivity index (χ3v) is 7.72. The number of carbonyl (C=O) groups excluding carboxylic acids is 3. The number of anilines is 3. The molecule has 3 aliphatic heterocycles. The van der Waals surface area contributed by atoms with Gasteiger partial charge in [-0.3, -0.25) is 9.69 Å². The fraction of sp³-hybridized carbons (Fsp3) is 0.263. The Kier molecular flexibility index (Phi) is 6.97. The molecule has 4 heterocycles. The number of thioether (sulfide) groups is 1. The van der Waals surface area contributed by atoms with E-state index >= 15 is 0 Å². The number of amides is 5. The third kappa shape index (κ3) is 4.56. The minimum absolute atomic E-state index is 0. The fourth-order valence-corrected chi connectivity index (χ4v) is 6.47. The largest absolute Gasteiger partial charge is 1.00 e. The number of carboxylic acid groups (broad SMARTS) is 1. The van der Waals surface area contributed by atoms with Gasteiger partial charge in [0.2, 0.25) is 5.13 Å². The maximum atomic E-state index is 13.0. The average molecular weight is 527 g/mol. The van der Waals surface area contributed by atoms with Crippen molar-refractivity contribution in [2.75, 3.05) is 22.9 Å². The van der Waals surface area contributed by atoms with Crippen LogP contribution in [0.25, 0.3) is 0 Å². The molecule has 5 amide bonds. The topological polar surface area (TPSA) is 197 Å². The number of allylic oxidation sites excluding steroid dienone is 1. The molecule has 7 N–H and O–H groups in total. The van der Waals surface area contributed by atoms with E-state index in [1.165, 1.54) is 9.80 Å². The summed E-state index contributed by atoms with van der Waals surface area (Å²) in [5.41, 5.74) is 11.6. The number of hydrogen-bond acceptors (Lipinski definition) is 9. The normalized spacial score (nSPS) is 22.2. The van der Waals surface area contributed by atoms with Gasteiger partial charge in [0.05, 0.1) is 6.04 Å². The quantitative estimate of drug-likeness (QED) is 0.222. The number of aromatic nitrogens is 2. The van der Waals surface area contributed by atoms with Gasteiger partial charge in [-0.2, -0.15) is 0 Å². The number of primary amides is 1. The second kappa shape index (κ2) is 9.66. The zero-order valence-electron chi connectivity index (χ0n) is 19.3. The van der Waals surface area contributed by atoms with E-state index in [0.29, 0.717) is 33.6 Å². The Morgan fingerprint density at radius 2 is 1.83 bits per heavy atom. The standard InChI is InChI=1S/C19H18N8O5S2.Na.H/c20-16(31)22-8-1-3-9(4-2-8)23-18(32)26-6-7-5-10(33-19-25-24-17(21)34-19)12(15(29)30)27-11(7)13(26)14(27)28;;/h1-4,7,11,13H,5-6H2,(H2,21,24)(H,23,32)(H,29,30)(H3,20,22,31);;/q;+1;-1/t7-,11-,13+;;/m1../s1. The van der Waals surface area contributed by atoms with Crippen LogP contribution in [0.2, 0.25) is 0 Å². The zero-order chi connectivity index (χ0) is 24.1. The van der Waals surface area contributed by atoms with Crippen LogP contribution in [-0.4, -0.2) is 67.7 Å². The maximum Gasteiger partial charge on any atom is 1.00 e. The van der Waals surface area contributed by atoms with Crippen LogP contribution < -0.4 is 51.7 Å². The molecule has 1 aromatic carbocycles. The molecule has 3 atom stereocenters. The maximum absolute atomic E-state index is 13.0. The molecule has 0 unspecified atom stereocenters. The van der Waals surface area contributed by atoms with Crippen molar-refractivity contribution in [1.29, 1.82) is 0 Å². The van der Waals surface area contributed by atoms with Crippen molar-refractivity contribution in [3.63, 3.8) is 0 Å². The average Bonchev–Trinajstić information content (AvgIpc) is 3.35. The fourth-order valence-electron chi connectivity index (χ4n) is 4.53. The molecule has 3 aliphatic rings. The zero-order valence-corrected chi connectivity index (χ0v) is 21.9. The van der Waals surface area contributed by atoms with Gasteiger partial charge in [-0.1, -0.05) is 23.1 Å². The number of likely N-dealkylation sites (tertiary alicyclic amines) is 1. The van der Waals surface area contributed by atoms with Crippen LogP contribution in [-0.2, 0) is 9.59 Å². The van der Waals surface area contributed by atoms with Gasteiger partial charge in [-0.05, 0) is 30.7 Å². The van der Waals surface area contributed by atoms with E-state index in [0.717, 1.165) is 23.1 Å². The van der Waals surface area contributed by atoms with Crippen molar-refractivity contribution < 1.29 is 55.3 Å². The molecule has 0 saturated carbocycles. The molecule has 1 aromatic heterocycles. The smallest absolute Gasteiger partial charge is 1.00 e. The second-order valence-corrected chi connectivity index (χ2v) is 10.2. The predicted molar refractivity (Wildman–Crippen MR) is 124 cm³/mol. The molecule has 0 aliphatic carbocycles. The van der Waals surface area contributed by atoms with E-state index in [9.17, 15) is 24.3 Å². The van der Waals surface area contributed by atoms with Crippen LogP contribution in [0.1, 0.15) is 7.85 Å². The summed E-state index contributed by atoms with van der Waals surface area (Å²) < 4.78 is 0.482.